The van der Waals surface area contributed by atoms with Crippen molar-refractivity contribution in [1.29, 1.82) is 0 Å². The van der Waals surface area contributed by atoms with E-state index < -0.39 is 0 Å². The number of carbonyl (C=O) groups is 1. The highest BCUT2D eigenvalue weighted by molar-refractivity contribution is 5.96. The van der Waals surface area contributed by atoms with Crippen LogP contribution >= 0.6 is 0 Å². The predicted octanol–water partition coefficient (Wildman–Crippen LogP) is 3.42. The second kappa shape index (κ2) is 4.57. The Morgan fingerprint density at radius 2 is 1.52 bits per heavy atom. The average molecular weight is 284 g/mol. The number of nitrogens with two attached hydrogens (primary N) is 1. The molecule has 1 aromatic rings. The van der Waals surface area contributed by atoms with Crippen LogP contribution in [0, 0.1) is 30.1 Å². The van der Waals surface area contributed by atoms with E-state index in [1.807, 2.05) is 31.2 Å². The third-order valence-corrected chi connectivity index (χ3v) is 6.02. The SMILES string of the molecule is Cc1ccc(N(N)C(=O)C23CC4CC(CC(C4)C2)C3)cc1. The van der Waals surface area contributed by atoms with Crippen molar-refractivity contribution < 1.29 is 4.79 Å². The van der Waals surface area contributed by atoms with E-state index in [0.717, 1.165) is 42.7 Å². The summed E-state index contributed by atoms with van der Waals surface area (Å²) in [6, 6.07) is 7.94. The molecule has 0 atom stereocenters. The second-order valence-electron chi connectivity index (χ2n) is 7.71. The summed E-state index contributed by atoms with van der Waals surface area (Å²) in [5.74, 6) is 8.66. The van der Waals surface area contributed by atoms with Gasteiger partial charge >= 0.3 is 0 Å². The summed E-state index contributed by atoms with van der Waals surface area (Å²) in [5, 5.41) is 1.42. The van der Waals surface area contributed by atoms with E-state index in [1.165, 1.54) is 29.8 Å². The van der Waals surface area contributed by atoms with Crippen LogP contribution in [-0.4, -0.2) is 5.91 Å². The van der Waals surface area contributed by atoms with Crippen LogP contribution in [0.5, 0.6) is 0 Å². The third-order valence-electron chi connectivity index (χ3n) is 6.02. The van der Waals surface area contributed by atoms with Gasteiger partial charge in [0.05, 0.1) is 11.1 Å². The van der Waals surface area contributed by atoms with E-state index >= 15 is 0 Å². The fraction of sp³-hybridized carbons (Fsp3) is 0.611. The molecule has 4 aliphatic rings. The van der Waals surface area contributed by atoms with Crippen molar-refractivity contribution in [2.24, 2.45) is 29.0 Å². The average Bonchev–Trinajstić information content (AvgIpc) is 2.45. The minimum atomic E-state index is -0.158. The maximum Gasteiger partial charge on any atom is 0.247 e. The Bertz CT molecular complexity index is 528. The quantitative estimate of drug-likeness (QED) is 0.514. The number of rotatable bonds is 2. The van der Waals surface area contributed by atoms with Gasteiger partial charge in [-0.2, -0.15) is 0 Å². The van der Waals surface area contributed by atoms with Crippen LogP contribution in [0.1, 0.15) is 44.1 Å². The normalized spacial score (nSPS) is 36.8. The van der Waals surface area contributed by atoms with E-state index in [-0.39, 0.29) is 11.3 Å². The lowest BCUT2D eigenvalue weighted by molar-refractivity contribution is -0.143. The predicted molar refractivity (Wildman–Crippen MR) is 83.5 cm³/mol. The van der Waals surface area contributed by atoms with Gasteiger partial charge in [-0.3, -0.25) is 4.79 Å². The van der Waals surface area contributed by atoms with E-state index in [4.69, 9.17) is 5.84 Å². The molecule has 2 N–H and O–H groups in total. The van der Waals surface area contributed by atoms with Gasteiger partial charge in [0.2, 0.25) is 5.91 Å². The first-order valence-electron chi connectivity index (χ1n) is 8.22. The minimum Gasteiger partial charge on any atom is -0.272 e. The van der Waals surface area contributed by atoms with Crippen LogP contribution in [0.2, 0.25) is 0 Å². The number of carbonyl (C=O) groups excluding carboxylic acids is 1. The van der Waals surface area contributed by atoms with Gasteiger partial charge in [0.1, 0.15) is 0 Å². The molecule has 4 aliphatic carbocycles. The molecule has 4 bridgehead atoms. The van der Waals surface area contributed by atoms with E-state index in [1.54, 1.807) is 0 Å². The number of amides is 1. The van der Waals surface area contributed by atoms with Crippen molar-refractivity contribution in [2.75, 3.05) is 5.01 Å². The molecule has 0 radical (unpaired) electrons. The number of aryl methyl sites for hydroxylation is 1. The second-order valence-corrected chi connectivity index (χ2v) is 7.71. The molecule has 3 heteroatoms. The van der Waals surface area contributed by atoms with Gasteiger partial charge in [-0.1, -0.05) is 17.7 Å². The summed E-state index contributed by atoms with van der Waals surface area (Å²) in [7, 11) is 0. The molecule has 21 heavy (non-hydrogen) atoms. The van der Waals surface area contributed by atoms with Crippen molar-refractivity contribution in [3.8, 4) is 0 Å². The maximum atomic E-state index is 13.1. The lowest BCUT2D eigenvalue weighted by Crippen LogP contribution is -2.56. The molecule has 0 unspecified atom stereocenters. The lowest BCUT2D eigenvalue weighted by Gasteiger charge is -2.56. The minimum absolute atomic E-state index is 0.158. The summed E-state index contributed by atoms with van der Waals surface area (Å²) in [5.41, 5.74) is 1.85. The zero-order valence-corrected chi connectivity index (χ0v) is 12.7. The van der Waals surface area contributed by atoms with Gasteiger partial charge in [0, 0.05) is 0 Å². The molecule has 4 fully saturated rings. The van der Waals surface area contributed by atoms with Crippen LogP contribution < -0.4 is 10.9 Å². The zero-order valence-electron chi connectivity index (χ0n) is 12.7. The molecule has 0 aromatic heterocycles. The molecule has 5 rings (SSSR count). The maximum absolute atomic E-state index is 13.1. The summed E-state index contributed by atoms with van der Waals surface area (Å²) >= 11 is 0. The number of hydrogen-bond acceptors (Lipinski definition) is 2. The molecule has 1 amide bonds. The summed E-state index contributed by atoms with van der Waals surface area (Å²) in [6.07, 6.45) is 7.25. The molecule has 0 saturated heterocycles. The lowest BCUT2D eigenvalue weighted by atomic mass is 9.49. The number of hydrazine groups is 1. The number of nitrogens with zero attached hydrogens (tertiary/aromatic N) is 1. The van der Waals surface area contributed by atoms with Crippen LogP contribution in [0.4, 0.5) is 5.69 Å². The monoisotopic (exact) mass is 284 g/mol. The topological polar surface area (TPSA) is 46.3 Å². The highest BCUT2D eigenvalue weighted by Gasteiger charge is 2.55. The van der Waals surface area contributed by atoms with Crippen LogP contribution in [0.3, 0.4) is 0 Å². The van der Waals surface area contributed by atoms with E-state index in [0.29, 0.717) is 0 Å². The van der Waals surface area contributed by atoms with Crippen LogP contribution in [0.25, 0.3) is 0 Å². The Kier molecular flexibility index (Phi) is 2.90. The fourth-order valence-corrected chi connectivity index (χ4v) is 5.45. The molecule has 3 nitrogen and oxygen atoms in total. The van der Waals surface area contributed by atoms with Crippen LogP contribution in [-0.2, 0) is 4.79 Å². The Hall–Kier alpha value is -1.35. The summed E-state index contributed by atoms with van der Waals surface area (Å²) in [6.45, 7) is 2.05. The number of benzene rings is 1. The Morgan fingerprint density at radius 3 is 2.00 bits per heavy atom. The Balaban J connectivity index is 1.60. The van der Waals surface area contributed by atoms with E-state index in [9.17, 15) is 4.79 Å². The standard InChI is InChI=1S/C18H24N2O/c1-12-2-4-16(5-3-12)20(19)17(21)18-9-13-6-14(10-18)8-15(7-13)11-18/h2-5,13-15H,6-11,19H2,1H3. The molecule has 4 saturated carbocycles. The molecule has 0 aliphatic heterocycles. The highest BCUT2D eigenvalue weighted by atomic mass is 16.2. The largest absolute Gasteiger partial charge is 0.272 e. The highest BCUT2D eigenvalue weighted by Crippen LogP contribution is 2.60. The molecular formula is C18H24N2O. The smallest absolute Gasteiger partial charge is 0.247 e. The van der Waals surface area contributed by atoms with E-state index in [2.05, 4.69) is 0 Å². The molecule has 0 heterocycles. The Labute approximate surface area is 126 Å². The number of anilines is 1. The van der Waals surface area contributed by atoms with Gasteiger partial charge in [0.15, 0.2) is 0 Å². The van der Waals surface area contributed by atoms with Crippen molar-refractivity contribution in [2.45, 2.75) is 45.4 Å². The van der Waals surface area contributed by atoms with Gasteiger partial charge in [-0.05, 0) is 75.3 Å². The first kappa shape index (κ1) is 13.3. The van der Waals surface area contributed by atoms with Gasteiger partial charge in [-0.25, -0.2) is 10.9 Å². The van der Waals surface area contributed by atoms with Crippen molar-refractivity contribution in [1.82, 2.24) is 0 Å². The first-order valence-corrected chi connectivity index (χ1v) is 8.22. The fourth-order valence-electron chi connectivity index (χ4n) is 5.45. The zero-order chi connectivity index (χ0) is 14.6. The van der Waals surface area contributed by atoms with Crippen LogP contribution in [0.15, 0.2) is 24.3 Å². The third kappa shape index (κ3) is 2.10. The van der Waals surface area contributed by atoms with Gasteiger partial charge < -0.3 is 0 Å². The molecular weight excluding hydrogens is 260 g/mol. The number of hydrogen-bond donors (Lipinski definition) is 1. The first-order chi connectivity index (χ1) is 10.1. The summed E-state index contributed by atoms with van der Waals surface area (Å²) < 4.78 is 0. The summed E-state index contributed by atoms with van der Waals surface area (Å²) in [4.78, 5) is 13.1. The molecule has 0 spiro atoms. The van der Waals surface area contributed by atoms with Crippen molar-refractivity contribution in [3.05, 3.63) is 29.8 Å². The Morgan fingerprint density at radius 1 is 1.05 bits per heavy atom. The van der Waals surface area contributed by atoms with Crippen molar-refractivity contribution in [3.63, 3.8) is 0 Å². The van der Waals surface area contributed by atoms with Gasteiger partial charge in [0.25, 0.3) is 0 Å². The molecule has 112 valence electrons. The van der Waals surface area contributed by atoms with Gasteiger partial charge in [-0.15, -0.1) is 0 Å². The van der Waals surface area contributed by atoms with Crippen molar-refractivity contribution >= 4 is 11.6 Å². The molecule has 1 aromatic carbocycles.